The molecule has 0 aromatic heterocycles. The van der Waals surface area contributed by atoms with Gasteiger partial charge in [0.1, 0.15) is 5.17 Å². The van der Waals surface area contributed by atoms with Gasteiger partial charge in [0.15, 0.2) is 5.79 Å². The van der Waals surface area contributed by atoms with Crippen LogP contribution in [-0.2, 0) is 4.74 Å². The number of hydrogen-bond donors (Lipinski definition) is 2. The molecule has 0 bridgehead atoms. The minimum Gasteiger partial charge on any atom is -0.361 e. The molecule has 0 spiro atoms. The van der Waals surface area contributed by atoms with Crippen molar-refractivity contribution in [2.75, 3.05) is 7.11 Å². The maximum atomic E-state index is 9.72. The molecule has 3 nitrogen and oxygen atoms in total. The first kappa shape index (κ1) is 9.45. The Labute approximate surface area is 75.8 Å². The lowest BCUT2D eigenvalue weighted by molar-refractivity contribution is -0.158. The fourth-order valence-corrected chi connectivity index (χ4v) is 1.30. The molecule has 0 fully saturated rings. The molecule has 12 heavy (non-hydrogen) atoms. The summed E-state index contributed by atoms with van der Waals surface area (Å²) in [4.78, 5) is 0. The van der Waals surface area contributed by atoms with Crippen LogP contribution in [0, 0.1) is 11.3 Å². The Morgan fingerprint density at radius 3 is 2.75 bits per heavy atom. The minimum absolute atomic E-state index is 0.139. The highest BCUT2D eigenvalue weighted by Gasteiger charge is 2.36. The molecule has 0 saturated heterocycles. The second-order valence-electron chi connectivity index (χ2n) is 2.53. The van der Waals surface area contributed by atoms with Crippen molar-refractivity contribution in [1.29, 1.82) is 5.41 Å². The van der Waals surface area contributed by atoms with Crippen molar-refractivity contribution in [3.8, 4) is 0 Å². The summed E-state index contributed by atoms with van der Waals surface area (Å²) in [5.74, 6) is -2.07. The summed E-state index contributed by atoms with van der Waals surface area (Å²) >= 11 is 5.48. The lowest BCUT2D eigenvalue weighted by Crippen LogP contribution is -2.40. The molecule has 2 unspecified atom stereocenters. The monoisotopic (exact) mass is 187 g/mol. The van der Waals surface area contributed by atoms with Gasteiger partial charge in [-0.2, -0.15) is 0 Å². The maximum absolute atomic E-state index is 9.72. The van der Waals surface area contributed by atoms with Crippen molar-refractivity contribution < 1.29 is 9.84 Å². The molecule has 1 rings (SSSR count). The Morgan fingerprint density at radius 2 is 2.33 bits per heavy atom. The third-order valence-corrected chi connectivity index (χ3v) is 2.03. The quantitative estimate of drug-likeness (QED) is 0.506. The summed E-state index contributed by atoms with van der Waals surface area (Å²) in [6.45, 7) is 0. The average molecular weight is 188 g/mol. The van der Waals surface area contributed by atoms with E-state index in [9.17, 15) is 5.11 Å². The van der Waals surface area contributed by atoms with Crippen LogP contribution in [0.4, 0.5) is 0 Å². The first-order valence-corrected chi connectivity index (χ1v) is 3.85. The van der Waals surface area contributed by atoms with Crippen LogP contribution in [0.2, 0.25) is 0 Å². The summed E-state index contributed by atoms with van der Waals surface area (Å²) in [6.07, 6.45) is 6.46. The molecule has 4 heteroatoms. The van der Waals surface area contributed by atoms with Crippen molar-refractivity contribution in [3.05, 3.63) is 24.3 Å². The van der Waals surface area contributed by atoms with Gasteiger partial charge in [0.25, 0.3) is 0 Å². The standard InChI is InChI=1S/C8H10ClNO2/c1-12-8(11)5-3-2-4-6(8)7(9)10/h2-6,10-11H,1H3. The lowest BCUT2D eigenvalue weighted by Gasteiger charge is -2.30. The maximum Gasteiger partial charge on any atom is 0.198 e. The van der Waals surface area contributed by atoms with Crippen LogP contribution < -0.4 is 0 Å². The Morgan fingerprint density at radius 1 is 1.67 bits per heavy atom. The van der Waals surface area contributed by atoms with Gasteiger partial charge in [-0.05, 0) is 6.08 Å². The molecule has 0 aromatic carbocycles. The third kappa shape index (κ3) is 1.58. The van der Waals surface area contributed by atoms with Gasteiger partial charge in [0, 0.05) is 7.11 Å². The number of halogens is 1. The van der Waals surface area contributed by atoms with Crippen molar-refractivity contribution in [2.45, 2.75) is 5.79 Å². The highest BCUT2D eigenvalue weighted by Crippen LogP contribution is 2.27. The number of rotatable bonds is 2. The zero-order valence-electron chi connectivity index (χ0n) is 6.62. The number of nitrogens with one attached hydrogen (secondary N) is 1. The van der Waals surface area contributed by atoms with E-state index in [1.807, 2.05) is 0 Å². The van der Waals surface area contributed by atoms with Gasteiger partial charge >= 0.3 is 0 Å². The van der Waals surface area contributed by atoms with Gasteiger partial charge in [-0.3, -0.25) is 5.41 Å². The molecule has 1 aliphatic rings. The molecule has 0 aliphatic heterocycles. The highest BCUT2D eigenvalue weighted by molar-refractivity contribution is 6.65. The predicted molar refractivity (Wildman–Crippen MR) is 47.3 cm³/mol. The SMILES string of the molecule is COC1(O)C=CC=CC1C(=N)Cl. The fourth-order valence-electron chi connectivity index (χ4n) is 1.07. The number of hydrogen-bond acceptors (Lipinski definition) is 3. The Balaban J connectivity index is 2.92. The number of ether oxygens (including phenoxy) is 1. The summed E-state index contributed by atoms with van der Waals surface area (Å²) in [7, 11) is 1.37. The van der Waals surface area contributed by atoms with E-state index >= 15 is 0 Å². The van der Waals surface area contributed by atoms with Crippen LogP contribution in [0.15, 0.2) is 24.3 Å². The zero-order chi connectivity index (χ0) is 9.19. The van der Waals surface area contributed by atoms with Crippen molar-refractivity contribution in [2.24, 2.45) is 5.92 Å². The van der Waals surface area contributed by atoms with Gasteiger partial charge < -0.3 is 9.84 Å². The van der Waals surface area contributed by atoms with E-state index in [1.54, 1.807) is 18.2 Å². The fraction of sp³-hybridized carbons (Fsp3) is 0.375. The van der Waals surface area contributed by atoms with Crippen LogP contribution >= 0.6 is 11.6 Å². The van der Waals surface area contributed by atoms with Crippen LogP contribution in [0.3, 0.4) is 0 Å². The molecule has 1 aliphatic carbocycles. The molecule has 66 valence electrons. The molecule has 2 N–H and O–H groups in total. The zero-order valence-corrected chi connectivity index (χ0v) is 7.38. The number of allylic oxidation sites excluding steroid dienone is 2. The molecule has 0 heterocycles. The number of aliphatic hydroxyl groups is 1. The minimum atomic E-state index is -1.46. The van der Waals surface area contributed by atoms with E-state index in [2.05, 4.69) is 0 Å². The second-order valence-corrected chi connectivity index (χ2v) is 2.93. The molecule has 2 atom stereocenters. The second kappa shape index (κ2) is 3.39. The Hall–Kier alpha value is -0.640. The Bertz CT molecular complexity index is 249. The van der Waals surface area contributed by atoms with E-state index in [0.717, 1.165) is 0 Å². The predicted octanol–water partition coefficient (Wildman–Crippen LogP) is 1.28. The summed E-state index contributed by atoms with van der Waals surface area (Å²) in [5, 5.41) is 16.8. The van der Waals surface area contributed by atoms with Gasteiger partial charge in [-0.25, -0.2) is 0 Å². The normalized spacial score (nSPS) is 33.8. The van der Waals surface area contributed by atoms with Gasteiger partial charge in [-0.15, -0.1) is 0 Å². The largest absolute Gasteiger partial charge is 0.361 e. The van der Waals surface area contributed by atoms with E-state index in [0.29, 0.717) is 0 Å². The van der Waals surface area contributed by atoms with Crippen molar-refractivity contribution in [1.82, 2.24) is 0 Å². The highest BCUT2D eigenvalue weighted by atomic mass is 35.5. The summed E-state index contributed by atoms with van der Waals surface area (Å²) in [6, 6.07) is 0. The van der Waals surface area contributed by atoms with E-state index in [1.165, 1.54) is 13.2 Å². The van der Waals surface area contributed by atoms with Crippen LogP contribution in [0.25, 0.3) is 0 Å². The first-order valence-electron chi connectivity index (χ1n) is 3.47. The van der Waals surface area contributed by atoms with Gasteiger partial charge in [0.2, 0.25) is 0 Å². The molecule has 0 aromatic rings. The summed E-state index contributed by atoms with van der Waals surface area (Å²) < 4.78 is 4.84. The molecular formula is C8H10ClNO2. The molecule has 0 amide bonds. The average Bonchev–Trinajstić information content (AvgIpc) is 2.05. The Kier molecular flexibility index (Phi) is 2.67. The van der Waals surface area contributed by atoms with Crippen molar-refractivity contribution >= 4 is 16.8 Å². The van der Waals surface area contributed by atoms with E-state index in [4.69, 9.17) is 21.7 Å². The van der Waals surface area contributed by atoms with Gasteiger partial charge in [-0.1, -0.05) is 29.8 Å². The molecular weight excluding hydrogens is 178 g/mol. The number of methoxy groups -OCH3 is 1. The van der Waals surface area contributed by atoms with Gasteiger partial charge in [0.05, 0.1) is 5.92 Å². The molecule has 0 radical (unpaired) electrons. The first-order chi connectivity index (χ1) is 5.60. The van der Waals surface area contributed by atoms with E-state index in [-0.39, 0.29) is 5.17 Å². The summed E-state index contributed by atoms with van der Waals surface area (Å²) in [5.41, 5.74) is 0. The van der Waals surface area contributed by atoms with Crippen LogP contribution in [-0.4, -0.2) is 23.2 Å². The third-order valence-electron chi connectivity index (χ3n) is 1.80. The van der Waals surface area contributed by atoms with Crippen LogP contribution in [0.1, 0.15) is 0 Å². The van der Waals surface area contributed by atoms with Crippen LogP contribution in [0.5, 0.6) is 0 Å². The smallest absolute Gasteiger partial charge is 0.198 e. The lowest BCUT2D eigenvalue weighted by atomic mass is 9.95. The molecule has 0 saturated carbocycles. The topological polar surface area (TPSA) is 53.3 Å². The van der Waals surface area contributed by atoms with E-state index < -0.39 is 11.7 Å². The van der Waals surface area contributed by atoms with Crippen molar-refractivity contribution in [3.63, 3.8) is 0 Å².